The average Bonchev–Trinajstić information content (AvgIpc) is 2.91. The molecule has 13 heavy (non-hydrogen) atoms. The summed E-state index contributed by atoms with van der Waals surface area (Å²) >= 11 is 0. The summed E-state index contributed by atoms with van der Waals surface area (Å²) in [7, 11) is 0. The standard InChI is InChI=1S/C5H12.C4H8.C4H10/c1-3-5-4-2;1-4-2-3-4;1-3-4-2/h3-5H2,1-2H3;4H,2-3H2,1H3;3-4H2,1-2H3. The Labute approximate surface area is 86.1 Å². The molecule has 0 unspecified atom stereocenters. The van der Waals surface area contributed by atoms with Crippen LogP contribution in [0.1, 0.15) is 79.6 Å². The maximum absolute atomic E-state index is 2.28. The quantitative estimate of drug-likeness (QED) is 0.552. The van der Waals surface area contributed by atoms with Gasteiger partial charge in [0.05, 0.1) is 0 Å². The van der Waals surface area contributed by atoms with Crippen molar-refractivity contribution in [2.75, 3.05) is 0 Å². The van der Waals surface area contributed by atoms with Crippen molar-refractivity contribution in [2.24, 2.45) is 5.92 Å². The monoisotopic (exact) mass is 186 g/mol. The Hall–Kier alpha value is 0. The summed E-state index contributed by atoms with van der Waals surface area (Å²) in [5.74, 6) is 1.08. The Morgan fingerprint density at radius 1 is 0.769 bits per heavy atom. The van der Waals surface area contributed by atoms with E-state index >= 15 is 0 Å². The van der Waals surface area contributed by atoms with Crippen molar-refractivity contribution in [1.82, 2.24) is 0 Å². The van der Waals surface area contributed by atoms with Crippen LogP contribution in [0.3, 0.4) is 0 Å². The van der Waals surface area contributed by atoms with Gasteiger partial charge in [-0.3, -0.25) is 0 Å². The molecule has 0 aromatic carbocycles. The number of hydrogen-bond donors (Lipinski definition) is 0. The number of rotatable bonds is 3. The molecule has 0 amide bonds. The van der Waals surface area contributed by atoms with Gasteiger partial charge in [-0.05, 0) is 5.92 Å². The predicted octanol–water partition coefficient (Wildman–Crippen LogP) is 5.42. The van der Waals surface area contributed by atoms with Crippen molar-refractivity contribution in [3.63, 3.8) is 0 Å². The van der Waals surface area contributed by atoms with Crippen LogP contribution in [-0.4, -0.2) is 0 Å². The van der Waals surface area contributed by atoms with Gasteiger partial charge in [0.15, 0.2) is 0 Å². The van der Waals surface area contributed by atoms with Crippen molar-refractivity contribution >= 4 is 0 Å². The van der Waals surface area contributed by atoms with Crippen LogP contribution >= 0.6 is 0 Å². The SMILES string of the molecule is CC1CC1.CCCC.CCCCC. The molecule has 0 N–H and O–H groups in total. The maximum atomic E-state index is 2.28. The molecule has 0 saturated heterocycles. The summed E-state index contributed by atoms with van der Waals surface area (Å²) in [6, 6.07) is 0. The van der Waals surface area contributed by atoms with Crippen molar-refractivity contribution < 1.29 is 0 Å². The average molecular weight is 186 g/mol. The lowest BCUT2D eigenvalue weighted by Crippen LogP contribution is -1.59. The molecule has 1 saturated carbocycles. The molecule has 0 aromatic rings. The smallest absolute Gasteiger partial charge is 0.0443 e. The van der Waals surface area contributed by atoms with Gasteiger partial charge in [-0.2, -0.15) is 0 Å². The molecular formula is C13H30. The fraction of sp³-hybridized carbons (Fsp3) is 1.00. The van der Waals surface area contributed by atoms with E-state index in [-0.39, 0.29) is 0 Å². The summed E-state index contributed by atoms with van der Waals surface area (Å²) in [5, 5.41) is 0. The Kier molecular flexibility index (Phi) is 17.3. The van der Waals surface area contributed by atoms with E-state index < -0.39 is 0 Å². The zero-order valence-electron chi connectivity index (χ0n) is 10.5. The van der Waals surface area contributed by atoms with E-state index in [2.05, 4.69) is 34.6 Å². The highest BCUT2D eigenvalue weighted by atomic mass is 14.2. The van der Waals surface area contributed by atoms with E-state index in [1.807, 2.05) is 0 Å². The van der Waals surface area contributed by atoms with Gasteiger partial charge in [0, 0.05) is 0 Å². The van der Waals surface area contributed by atoms with Gasteiger partial charge in [-0.25, -0.2) is 0 Å². The molecular weight excluding hydrogens is 156 g/mol. The van der Waals surface area contributed by atoms with Gasteiger partial charge in [0.2, 0.25) is 0 Å². The molecule has 0 heterocycles. The largest absolute Gasteiger partial charge is 0.0654 e. The molecule has 0 heteroatoms. The zero-order valence-corrected chi connectivity index (χ0v) is 10.5. The van der Waals surface area contributed by atoms with E-state index in [0.717, 1.165) is 5.92 Å². The first-order chi connectivity index (χ1) is 6.22. The molecule has 0 spiro atoms. The van der Waals surface area contributed by atoms with E-state index in [9.17, 15) is 0 Å². The lowest BCUT2D eigenvalue weighted by atomic mass is 10.3. The second-order valence-corrected chi connectivity index (χ2v) is 4.04. The molecule has 0 aromatic heterocycles. The van der Waals surface area contributed by atoms with Crippen molar-refractivity contribution in [3.05, 3.63) is 0 Å². The maximum Gasteiger partial charge on any atom is -0.0443 e. The van der Waals surface area contributed by atoms with Crippen LogP contribution in [0.25, 0.3) is 0 Å². The Balaban J connectivity index is 0. The molecule has 1 aliphatic rings. The molecule has 1 rings (SSSR count). The molecule has 82 valence electrons. The van der Waals surface area contributed by atoms with E-state index in [1.54, 1.807) is 0 Å². The predicted molar refractivity (Wildman–Crippen MR) is 64.2 cm³/mol. The van der Waals surface area contributed by atoms with Gasteiger partial charge in [0.1, 0.15) is 0 Å². The first-order valence-corrected chi connectivity index (χ1v) is 6.22. The highest BCUT2D eigenvalue weighted by Gasteiger charge is 2.12. The topological polar surface area (TPSA) is 0 Å². The van der Waals surface area contributed by atoms with E-state index in [0.29, 0.717) is 0 Å². The summed E-state index contributed by atoms with van der Waals surface area (Å²) in [4.78, 5) is 0. The van der Waals surface area contributed by atoms with Gasteiger partial charge in [-0.15, -0.1) is 0 Å². The minimum atomic E-state index is 1.08. The summed E-state index contributed by atoms with van der Waals surface area (Å²) in [5.41, 5.74) is 0. The van der Waals surface area contributed by atoms with E-state index in [1.165, 1.54) is 44.9 Å². The third-order valence-electron chi connectivity index (χ3n) is 2.07. The van der Waals surface area contributed by atoms with Crippen LogP contribution < -0.4 is 0 Å². The molecule has 0 nitrogen and oxygen atoms in total. The molecule has 0 aliphatic heterocycles. The van der Waals surface area contributed by atoms with Gasteiger partial charge in [0.25, 0.3) is 0 Å². The Bertz CT molecular complexity index is 58.4. The first-order valence-electron chi connectivity index (χ1n) is 6.22. The van der Waals surface area contributed by atoms with Gasteiger partial charge < -0.3 is 0 Å². The minimum absolute atomic E-state index is 1.08. The highest BCUT2D eigenvalue weighted by molar-refractivity contribution is 4.65. The normalized spacial score (nSPS) is 13.6. The number of unbranched alkanes of at least 4 members (excludes halogenated alkanes) is 3. The molecule has 0 bridgehead atoms. The minimum Gasteiger partial charge on any atom is -0.0654 e. The lowest BCUT2D eigenvalue weighted by molar-refractivity contribution is 0.772. The van der Waals surface area contributed by atoms with Crippen molar-refractivity contribution in [2.45, 2.75) is 79.6 Å². The van der Waals surface area contributed by atoms with Gasteiger partial charge in [-0.1, -0.05) is 79.6 Å². The van der Waals surface area contributed by atoms with Crippen LogP contribution in [0.4, 0.5) is 0 Å². The van der Waals surface area contributed by atoms with Crippen LogP contribution in [0.2, 0.25) is 0 Å². The Morgan fingerprint density at radius 2 is 1.08 bits per heavy atom. The van der Waals surface area contributed by atoms with Crippen molar-refractivity contribution in [1.29, 1.82) is 0 Å². The number of hydrogen-bond acceptors (Lipinski definition) is 0. The highest BCUT2D eigenvalue weighted by Crippen LogP contribution is 2.26. The molecule has 1 aliphatic carbocycles. The van der Waals surface area contributed by atoms with Crippen LogP contribution in [0.5, 0.6) is 0 Å². The third-order valence-corrected chi connectivity index (χ3v) is 2.07. The second-order valence-electron chi connectivity index (χ2n) is 4.04. The Morgan fingerprint density at radius 3 is 1.08 bits per heavy atom. The summed E-state index contributed by atoms with van der Waals surface area (Å²) in [6.45, 7) is 11.1. The lowest BCUT2D eigenvalue weighted by Gasteiger charge is -1.79. The summed E-state index contributed by atoms with van der Waals surface area (Å²) < 4.78 is 0. The van der Waals surface area contributed by atoms with Crippen LogP contribution in [0.15, 0.2) is 0 Å². The van der Waals surface area contributed by atoms with E-state index in [4.69, 9.17) is 0 Å². The zero-order chi connectivity index (χ0) is 10.5. The van der Waals surface area contributed by atoms with Gasteiger partial charge >= 0.3 is 0 Å². The van der Waals surface area contributed by atoms with Crippen molar-refractivity contribution in [3.8, 4) is 0 Å². The van der Waals surface area contributed by atoms with Crippen LogP contribution in [-0.2, 0) is 0 Å². The fourth-order valence-electron chi connectivity index (χ4n) is 0.520. The molecule has 0 atom stereocenters. The third kappa shape index (κ3) is 33.3. The molecule has 1 fully saturated rings. The van der Waals surface area contributed by atoms with Crippen LogP contribution in [0, 0.1) is 5.92 Å². The fourth-order valence-corrected chi connectivity index (χ4v) is 0.520. The second kappa shape index (κ2) is 14.5. The molecule has 0 radical (unpaired) electrons. The first kappa shape index (κ1) is 15.5. The summed E-state index contributed by atoms with van der Waals surface area (Å²) in [6.07, 6.45) is 9.69.